The van der Waals surface area contributed by atoms with Crippen molar-refractivity contribution in [2.24, 2.45) is 5.92 Å². The van der Waals surface area contributed by atoms with Gasteiger partial charge in [-0.3, -0.25) is 9.78 Å². The van der Waals surface area contributed by atoms with Crippen LogP contribution in [0, 0.1) is 5.92 Å². The number of hydrogen-bond donors (Lipinski definition) is 1. The van der Waals surface area contributed by atoms with E-state index < -0.39 is 6.10 Å². The molecule has 0 saturated heterocycles. The molecule has 5 nitrogen and oxygen atoms in total. The van der Waals surface area contributed by atoms with Crippen molar-refractivity contribution < 1.29 is 14.6 Å². The summed E-state index contributed by atoms with van der Waals surface area (Å²) in [5.41, 5.74) is 0.578. The Morgan fingerprint density at radius 3 is 2.65 bits per heavy atom. The van der Waals surface area contributed by atoms with Crippen molar-refractivity contribution in [2.45, 2.75) is 18.9 Å². The Bertz CT molecular complexity index is 654. The summed E-state index contributed by atoms with van der Waals surface area (Å²) >= 11 is 0. The molecule has 1 saturated carbocycles. The molecule has 5 heteroatoms. The molecule has 1 fully saturated rings. The normalized spacial score (nSPS) is 15.0. The van der Waals surface area contributed by atoms with Crippen LogP contribution in [0.2, 0.25) is 0 Å². The Balaban J connectivity index is 1.60. The van der Waals surface area contributed by atoms with Gasteiger partial charge in [0.15, 0.2) is 0 Å². The van der Waals surface area contributed by atoms with Crippen LogP contribution in [0.1, 0.15) is 23.2 Å². The second-order valence-corrected chi connectivity index (χ2v) is 5.91. The fourth-order valence-electron chi connectivity index (χ4n) is 2.42. The summed E-state index contributed by atoms with van der Waals surface area (Å²) in [7, 11) is 1.72. The highest BCUT2D eigenvalue weighted by molar-refractivity contribution is 5.94. The molecule has 1 aromatic carbocycles. The lowest BCUT2D eigenvalue weighted by Crippen LogP contribution is -2.35. The first-order valence-electron chi connectivity index (χ1n) is 7.75. The molecule has 1 aromatic heterocycles. The van der Waals surface area contributed by atoms with Crippen LogP contribution in [0.25, 0.3) is 0 Å². The topological polar surface area (TPSA) is 62.7 Å². The number of likely N-dealkylation sites (N-methyl/N-ethyl adjacent to an activating group) is 1. The highest BCUT2D eigenvalue weighted by Crippen LogP contribution is 2.32. The van der Waals surface area contributed by atoms with Gasteiger partial charge in [0.05, 0.1) is 12.3 Å². The summed E-state index contributed by atoms with van der Waals surface area (Å²) in [6.07, 6.45) is 5.01. The maximum absolute atomic E-state index is 12.4. The molecule has 1 heterocycles. The Kier molecular flexibility index (Phi) is 4.57. The van der Waals surface area contributed by atoms with E-state index in [1.807, 2.05) is 6.07 Å². The number of ether oxygens (including phenoxy) is 1. The second kappa shape index (κ2) is 6.79. The Labute approximate surface area is 135 Å². The fourth-order valence-corrected chi connectivity index (χ4v) is 2.42. The maximum Gasteiger partial charge on any atom is 0.253 e. The van der Waals surface area contributed by atoms with E-state index in [2.05, 4.69) is 4.98 Å². The van der Waals surface area contributed by atoms with Crippen LogP contribution >= 0.6 is 0 Å². The number of aliphatic hydroxyl groups excluding tert-OH is 1. The van der Waals surface area contributed by atoms with Gasteiger partial charge in [0.25, 0.3) is 5.91 Å². The lowest BCUT2D eigenvalue weighted by atomic mass is 10.1. The Hall–Kier alpha value is -2.40. The Morgan fingerprint density at radius 1 is 1.30 bits per heavy atom. The molecule has 0 spiro atoms. The lowest BCUT2D eigenvalue weighted by Gasteiger charge is -2.20. The molecule has 120 valence electrons. The molecule has 0 radical (unpaired) electrons. The average Bonchev–Trinajstić information content (AvgIpc) is 3.41. The molecule has 0 bridgehead atoms. The number of aromatic nitrogens is 1. The largest absolute Gasteiger partial charge is 0.456 e. The molecule has 3 rings (SSSR count). The number of hydrogen-bond acceptors (Lipinski definition) is 4. The first-order valence-corrected chi connectivity index (χ1v) is 7.75. The van der Waals surface area contributed by atoms with Crippen LogP contribution in [0.15, 0.2) is 48.8 Å². The van der Waals surface area contributed by atoms with Gasteiger partial charge in [-0.05, 0) is 55.2 Å². The summed E-state index contributed by atoms with van der Waals surface area (Å²) in [6.45, 7) is 0.372. The third-order valence-corrected chi connectivity index (χ3v) is 3.95. The lowest BCUT2D eigenvalue weighted by molar-refractivity contribution is 0.0645. The number of pyridine rings is 1. The van der Waals surface area contributed by atoms with Gasteiger partial charge in [0, 0.05) is 25.4 Å². The smallest absolute Gasteiger partial charge is 0.253 e. The zero-order valence-electron chi connectivity index (χ0n) is 13.1. The molecular weight excluding hydrogens is 292 g/mol. The minimum Gasteiger partial charge on any atom is -0.456 e. The van der Waals surface area contributed by atoms with Crippen molar-refractivity contribution in [3.05, 3.63) is 54.4 Å². The maximum atomic E-state index is 12.4. The van der Waals surface area contributed by atoms with Gasteiger partial charge < -0.3 is 14.7 Å². The molecule has 0 aliphatic heterocycles. The molecule has 1 atom stereocenters. The standard InChI is InChI=1S/C18H20N2O3/c1-20(12-17(21)13-4-5-13)18(22)14-6-8-15(9-7-14)23-16-3-2-10-19-11-16/h2-3,6-11,13,17,21H,4-5,12H2,1H3. The van der Waals surface area contributed by atoms with Crippen LogP contribution in [-0.4, -0.2) is 40.6 Å². The monoisotopic (exact) mass is 312 g/mol. The number of carbonyl (C=O) groups excluding carboxylic acids is 1. The van der Waals surface area contributed by atoms with Crippen molar-refractivity contribution in [1.29, 1.82) is 0 Å². The molecular formula is C18H20N2O3. The van der Waals surface area contributed by atoms with E-state index in [9.17, 15) is 9.90 Å². The molecule has 2 aromatic rings. The van der Waals surface area contributed by atoms with E-state index in [0.29, 0.717) is 29.5 Å². The van der Waals surface area contributed by atoms with Gasteiger partial charge in [-0.2, -0.15) is 0 Å². The summed E-state index contributed by atoms with van der Waals surface area (Å²) in [4.78, 5) is 17.9. The van der Waals surface area contributed by atoms with Crippen LogP contribution in [0.4, 0.5) is 0 Å². The van der Waals surface area contributed by atoms with Gasteiger partial charge in [0.2, 0.25) is 0 Å². The fraction of sp³-hybridized carbons (Fsp3) is 0.333. The second-order valence-electron chi connectivity index (χ2n) is 5.91. The molecule has 23 heavy (non-hydrogen) atoms. The van der Waals surface area contributed by atoms with Crippen molar-refractivity contribution in [3.8, 4) is 11.5 Å². The Morgan fingerprint density at radius 2 is 2.04 bits per heavy atom. The predicted molar refractivity (Wildman–Crippen MR) is 86.4 cm³/mol. The predicted octanol–water partition coefficient (Wildman–Crippen LogP) is 2.72. The van der Waals surface area contributed by atoms with Crippen LogP contribution in [0.3, 0.4) is 0 Å². The molecule has 1 aliphatic carbocycles. The number of nitrogens with zero attached hydrogens (tertiary/aromatic N) is 2. The minimum absolute atomic E-state index is 0.0994. The minimum atomic E-state index is -0.419. The number of rotatable bonds is 6. The summed E-state index contributed by atoms with van der Waals surface area (Å²) < 4.78 is 5.65. The van der Waals surface area contributed by atoms with E-state index in [1.165, 1.54) is 0 Å². The quantitative estimate of drug-likeness (QED) is 0.891. The zero-order chi connectivity index (χ0) is 16.2. The summed E-state index contributed by atoms with van der Waals surface area (Å²) in [5.74, 6) is 1.56. The first-order chi connectivity index (χ1) is 11.1. The highest BCUT2D eigenvalue weighted by atomic mass is 16.5. The van der Waals surface area contributed by atoms with E-state index in [1.54, 1.807) is 54.7 Å². The van der Waals surface area contributed by atoms with E-state index in [0.717, 1.165) is 12.8 Å². The van der Waals surface area contributed by atoms with Gasteiger partial charge >= 0.3 is 0 Å². The average molecular weight is 312 g/mol. The first kappa shape index (κ1) is 15.5. The van der Waals surface area contributed by atoms with Crippen LogP contribution in [0.5, 0.6) is 11.5 Å². The zero-order valence-corrected chi connectivity index (χ0v) is 13.1. The number of amides is 1. The van der Waals surface area contributed by atoms with Gasteiger partial charge in [0.1, 0.15) is 11.5 Å². The number of aliphatic hydroxyl groups is 1. The molecule has 1 amide bonds. The van der Waals surface area contributed by atoms with E-state index in [4.69, 9.17) is 4.74 Å². The molecule has 1 N–H and O–H groups in total. The van der Waals surface area contributed by atoms with Crippen molar-refractivity contribution in [1.82, 2.24) is 9.88 Å². The van der Waals surface area contributed by atoms with Crippen molar-refractivity contribution >= 4 is 5.91 Å². The summed E-state index contributed by atoms with van der Waals surface area (Å²) in [6, 6.07) is 10.6. The van der Waals surface area contributed by atoms with Crippen molar-refractivity contribution in [2.75, 3.05) is 13.6 Å². The summed E-state index contributed by atoms with van der Waals surface area (Å²) in [5, 5.41) is 9.94. The van der Waals surface area contributed by atoms with Gasteiger partial charge in [-0.1, -0.05) is 0 Å². The van der Waals surface area contributed by atoms with E-state index in [-0.39, 0.29) is 5.91 Å². The van der Waals surface area contributed by atoms with Crippen LogP contribution < -0.4 is 4.74 Å². The number of benzene rings is 1. The SMILES string of the molecule is CN(CC(O)C1CC1)C(=O)c1ccc(Oc2cccnc2)cc1. The number of carbonyl (C=O) groups is 1. The van der Waals surface area contributed by atoms with Crippen molar-refractivity contribution in [3.63, 3.8) is 0 Å². The third kappa shape index (κ3) is 4.07. The van der Waals surface area contributed by atoms with Gasteiger partial charge in [-0.15, -0.1) is 0 Å². The molecule has 1 aliphatic rings. The third-order valence-electron chi connectivity index (χ3n) is 3.95. The van der Waals surface area contributed by atoms with Crippen LogP contribution in [-0.2, 0) is 0 Å². The molecule has 1 unspecified atom stereocenters. The van der Waals surface area contributed by atoms with Gasteiger partial charge in [-0.25, -0.2) is 0 Å². The van der Waals surface area contributed by atoms with E-state index >= 15 is 0 Å². The highest BCUT2D eigenvalue weighted by Gasteiger charge is 2.31.